The van der Waals surface area contributed by atoms with Crippen molar-refractivity contribution in [2.45, 2.75) is 26.8 Å². The van der Waals surface area contributed by atoms with Crippen molar-refractivity contribution in [3.05, 3.63) is 57.6 Å². The molecular formula is C16H20N2S. The van der Waals surface area contributed by atoms with Gasteiger partial charge in [-0.1, -0.05) is 48.9 Å². The van der Waals surface area contributed by atoms with Crippen molar-refractivity contribution in [2.75, 3.05) is 6.54 Å². The first-order valence-electron chi connectivity index (χ1n) is 6.64. The first-order chi connectivity index (χ1) is 9.28. The van der Waals surface area contributed by atoms with E-state index in [1.54, 1.807) is 11.3 Å². The summed E-state index contributed by atoms with van der Waals surface area (Å²) < 4.78 is 0. The van der Waals surface area contributed by atoms with Crippen LogP contribution >= 0.6 is 11.3 Å². The molecular weight excluding hydrogens is 252 g/mol. The number of aromatic nitrogens is 1. The summed E-state index contributed by atoms with van der Waals surface area (Å²) in [7, 11) is 0. The number of rotatable bonds is 6. The molecule has 2 rings (SSSR count). The highest BCUT2D eigenvalue weighted by atomic mass is 32.1. The molecule has 0 unspecified atom stereocenters. The van der Waals surface area contributed by atoms with Gasteiger partial charge >= 0.3 is 0 Å². The number of hydrogen-bond donors (Lipinski definition) is 1. The molecule has 1 aromatic carbocycles. The first-order valence-corrected chi connectivity index (χ1v) is 7.52. The molecule has 0 aliphatic heterocycles. The Labute approximate surface area is 119 Å². The van der Waals surface area contributed by atoms with E-state index in [0.29, 0.717) is 0 Å². The van der Waals surface area contributed by atoms with Gasteiger partial charge in [0.15, 0.2) is 0 Å². The van der Waals surface area contributed by atoms with Gasteiger partial charge in [0, 0.05) is 18.5 Å². The molecule has 3 heteroatoms. The molecule has 2 nitrogen and oxygen atoms in total. The molecule has 0 bridgehead atoms. The summed E-state index contributed by atoms with van der Waals surface area (Å²) in [5, 5.41) is 6.79. The predicted octanol–water partition coefficient (Wildman–Crippen LogP) is 3.90. The molecule has 0 amide bonds. The van der Waals surface area contributed by atoms with E-state index >= 15 is 0 Å². The lowest BCUT2D eigenvalue weighted by atomic mass is 10.1. The van der Waals surface area contributed by atoms with Gasteiger partial charge in [-0.25, -0.2) is 4.98 Å². The monoisotopic (exact) mass is 272 g/mol. The van der Waals surface area contributed by atoms with Gasteiger partial charge in [-0.2, -0.15) is 0 Å². The number of benzene rings is 1. The zero-order chi connectivity index (χ0) is 13.5. The molecule has 0 spiro atoms. The number of thiazole rings is 1. The fourth-order valence-electron chi connectivity index (χ4n) is 1.87. The third kappa shape index (κ3) is 4.62. The second-order valence-corrected chi connectivity index (χ2v) is 5.53. The quantitative estimate of drug-likeness (QED) is 0.862. The Balaban J connectivity index is 1.80. The molecule has 1 N–H and O–H groups in total. The topological polar surface area (TPSA) is 24.9 Å². The van der Waals surface area contributed by atoms with E-state index in [1.165, 1.54) is 16.1 Å². The van der Waals surface area contributed by atoms with Gasteiger partial charge in [-0.3, -0.25) is 0 Å². The minimum absolute atomic E-state index is 0.844. The highest BCUT2D eigenvalue weighted by Gasteiger charge is 1.99. The zero-order valence-electron chi connectivity index (χ0n) is 11.5. The molecule has 0 radical (unpaired) electrons. The van der Waals surface area contributed by atoms with Gasteiger partial charge in [0.2, 0.25) is 0 Å². The van der Waals surface area contributed by atoms with E-state index in [4.69, 9.17) is 0 Å². The highest BCUT2D eigenvalue weighted by molar-refractivity contribution is 7.09. The molecule has 0 aliphatic carbocycles. The predicted molar refractivity (Wildman–Crippen MR) is 83.3 cm³/mol. The van der Waals surface area contributed by atoms with E-state index in [0.717, 1.165) is 25.2 Å². The van der Waals surface area contributed by atoms with Gasteiger partial charge in [0.25, 0.3) is 0 Å². The minimum Gasteiger partial charge on any atom is -0.307 e. The summed E-state index contributed by atoms with van der Waals surface area (Å²) >= 11 is 1.75. The van der Waals surface area contributed by atoms with Crippen molar-refractivity contribution < 1.29 is 0 Å². The Morgan fingerprint density at radius 3 is 2.79 bits per heavy atom. The molecule has 1 aromatic heterocycles. The van der Waals surface area contributed by atoms with Gasteiger partial charge < -0.3 is 5.32 Å². The largest absolute Gasteiger partial charge is 0.307 e. The van der Waals surface area contributed by atoms with Crippen molar-refractivity contribution in [1.29, 1.82) is 0 Å². The average molecular weight is 272 g/mol. The van der Waals surface area contributed by atoms with Crippen molar-refractivity contribution in [2.24, 2.45) is 0 Å². The smallest absolute Gasteiger partial charge is 0.0926 e. The SMILES string of the molecule is CCc1nc(CNC/C(C)=C/c2ccccc2)cs1. The summed E-state index contributed by atoms with van der Waals surface area (Å²) in [5.74, 6) is 0. The summed E-state index contributed by atoms with van der Waals surface area (Å²) in [5.41, 5.74) is 3.73. The minimum atomic E-state index is 0.844. The molecule has 2 aromatic rings. The summed E-state index contributed by atoms with van der Waals surface area (Å²) in [6.07, 6.45) is 3.24. The number of nitrogens with zero attached hydrogens (tertiary/aromatic N) is 1. The van der Waals surface area contributed by atoms with Gasteiger partial charge in [0.05, 0.1) is 10.7 Å². The van der Waals surface area contributed by atoms with Crippen molar-refractivity contribution in [3.63, 3.8) is 0 Å². The highest BCUT2D eigenvalue weighted by Crippen LogP contribution is 2.10. The maximum atomic E-state index is 4.55. The van der Waals surface area contributed by atoms with Crippen LogP contribution in [0.2, 0.25) is 0 Å². The maximum absolute atomic E-state index is 4.55. The standard InChI is InChI=1S/C16H20N2S/c1-3-16-18-15(12-19-16)11-17-10-13(2)9-14-7-5-4-6-8-14/h4-9,12,17H,3,10-11H2,1-2H3/b13-9+. The molecule has 0 saturated carbocycles. The molecule has 100 valence electrons. The molecule has 19 heavy (non-hydrogen) atoms. The van der Waals surface area contributed by atoms with E-state index in [2.05, 4.69) is 59.9 Å². The van der Waals surface area contributed by atoms with Crippen LogP contribution in [-0.2, 0) is 13.0 Å². The molecule has 0 saturated heterocycles. The second-order valence-electron chi connectivity index (χ2n) is 4.59. The second kappa shape index (κ2) is 7.22. The Morgan fingerprint density at radius 1 is 1.32 bits per heavy atom. The third-order valence-corrected chi connectivity index (χ3v) is 3.87. The number of nitrogens with one attached hydrogen (secondary N) is 1. The first kappa shape index (κ1) is 14.0. The lowest BCUT2D eigenvalue weighted by Gasteiger charge is -2.03. The molecule has 0 atom stereocenters. The van der Waals surface area contributed by atoms with Crippen LogP contribution in [0.5, 0.6) is 0 Å². The Hall–Kier alpha value is -1.45. The van der Waals surface area contributed by atoms with Crippen LogP contribution in [0.4, 0.5) is 0 Å². The summed E-state index contributed by atoms with van der Waals surface area (Å²) in [4.78, 5) is 4.55. The van der Waals surface area contributed by atoms with Crippen LogP contribution in [0.3, 0.4) is 0 Å². The average Bonchev–Trinajstić information content (AvgIpc) is 2.88. The fourth-order valence-corrected chi connectivity index (χ4v) is 2.61. The molecule has 1 heterocycles. The number of aryl methyl sites for hydroxylation is 1. The van der Waals surface area contributed by atoms with E-state index in [-0.39, 0.29) is 0 Å². The van der Waals surface area contributed by atoms with Crippen LogP contribution < -0.4 is 5.32 Å². The normalized spacial score (nSPS) is 11.8. The lowest BCUT2D eigenvalue weighted by molar-refractivity contribution is 0.726. The van der Waals surface area contributed by atoms with Crippen LogP contribution in [-0.4, -0.2) is 11.5 Å². The number of hydrogen-bond acceptors (Lipinski definition) is 3. The summed E-state index contributed by atoms with van der Waals surface area (Å²) in [6, 6.07) is 10.4. The van der Waals surface area contributed by atoms with E-state index < -0.39 is 0 Å². The van der Waals surface area contributed by atoms with Crippen LogP contribution in [0.25, 0.3) is 6.08 Å². The van der Waals surface area contributed by atoms with Crippen molar-refractivity contribution in [3.8, 4) is 0 Å². The Morgan fingerprint density at radius 2 is 2.11 bits per heavy atom. The third-order valence-electron chi connectivity index (χ3n) is 2.82. The molecule has 0 fully saturated rings. The summed E-state index contributed by atoms with van der Waals surface area (Å²) in [6.45, 7) is 6.03. The Bertz CT molecular complexity index is 529. The van der Waals surface area contributed by atoms with Crippen LogP contribution in [0.1, 0.15) is 30.1 Å². The van der Waals surface area contributed by atoms with Crippen molar-refractivity contribution in [1.82, 2.24) is 10.3 Å². The van der Waals surface area contributed by atoms with Gasteiger partial charge in [0.1, 0.15) is 0 Å². The van der Waals surface area contributed by atoms with Crippen molar-refractivity contribution >= 4 is 17.4 Å². The maximum Gasteiger partial charge on any atom is 0.0926 e. The van der Waals surface area contributed by atoms with Gasteiger partial charge in [-0.05, 0) is 18.9 Å². The Kier molecular flexibility index (Phi) is 5.31. The van der Waals surface area contributed by atoms with E-state index in [1.807, 2.05) is 6.07 Å². The lowest BCUT2D eigenvalue weighted by Crippen LogP contribution is -2.15. The van der Waals surface area contributed by atoms with E-state index in [9.17, 15) is 0 Å². The van der Waals surface area contributed by atoms with Crippen LogP contribution in [0.15, 0.2) is 41.3 Å². The fraction of sp³-hybridized carbons (Fsp3) is 0.312. The van der Waals surface area contributed by atoms with Crippen LogP contribution in [0, 0.1) is 0 Å². The molecule has 0 aliphatic rings. The zero-order valence-corrected chi connectivity index (χ0v) is 12.3. The van der Waals surface area contributed by atoms with Gasteiger partial charge in [-0.15, -0.1) is 11.3 Å².